The third-order valence-corrected chi connectivity index (χ3v) is 9.90. The number of carbonyl (C=O) groups is 3. The van der Waals surface area contributed by atoms with Crippen LogP contribution in [-0.4, -0.2) is 69.5 Å². The highest BCUT2D eigenvalue weighted by molar-refractivity contribution is 8.02. The first-order valence-corrected chi connectivity index (χ1v) is 12.7. The molecule has 3 aliphatic heterocycles. The highest BCUT2D eigenvalue weighted by atomic mass is 32.2. The molecular weight excluding hydrogens is 414 g/mol. The van der Waals surface area contributed by atoms with E-state index in [-0.39, 0.29) is 35.0 Å². The molecule has 3 rings (SSSR count). The Balaban J connectivity index is 2.02. The molecule has 3 aliphatic rings. The van der Waals surface area contributed by atoms with Crippen LogP contribution in [0.25, 0.3) is 0 Å². The zero-order chi connectivity index (χ0) is 23.0. The number of carbonyl (C=O) groups excluding carboxylic acids is 3. The average molecular weight is 454 g/mol. The number of unbranched alkanes of at least 4 members (excludes halogenated alkanes) is 2. The van der Waals surface area contributed by atoms with E-state index in [0.717, 1.165) is 38.5 Å². The van der Waals surface area contributed by atoms with Crippen LogP contribution in [0, 0.1) is 17.8 Å². The van der Waals surface area contributed by atoms with Crippen molar-refractivity contribution in [3.63, 3.8) is 0 Å². The lowest BCUT2D eigenvalue weighted by Gasteiger charge is -2.39. The first-order valence-electron chi connectivity index (χ1n) is 11.8. The molecule has 2 unspecified atom stereocenters. The maximum absolute atomic E-state index is 13.9. The summed E-state index contributed by atoms with van der Waals surface area (Å²) < 4.78 is -0.961. The normalized spacial score (nSPS) is 35.7. The Labute approximate surface area is 190 Å². The van der Waals surface area contributed by atoms with Crippen molar-refractivity contribution in [1.82, 2.24) is 15.5 Å². The predicted octanol–water partition coefficient (Wildman–Crippen LogP) is 1.93. The summed E-state index contributed by atoms with van der Waals surface area (Å²) in [4.78, 5) is 42.0. The van der Waals surface area contributed by atoms with Crippen LogP contribution in [0.2, 0.25) is 0 Å². The lowest BCUT2D eigenvalue weighted by molar-refractivity contribution is -0.144. The number of hydrogen-bond acceptors (Lipinski definition) is 5. The average Bonchev–Trinajstić information content (AvgIpc) is 3.32. The van der Waals surface area contributed by atoms with E-state index in [2.05, 4.69) is 24.5 Å². The maximum atomic E-state index is 13.9. The Bertz CT molecular complexity index is 719. The molecule has 3 heterocycles. The maximum Gasteiger partial charge on any atom is 0.244 e. The second kappa shape index (κ2) is 9.30. The molecule has 7 atom stereocenters. The van der Waals surface area contributed by atoms with E-state index >= 15 is 0 Å². The molecular formula is C23H39N3O4S. The van der Waals surface area contributed by atoms with Crippen molar-refractivity contribution in [2.75, 3.05) is 20.2 Å². The SMILES string of the molecule is CCCCCNC(=O)C1N([C@@H](CO)[C@@H](C)CC)C(=O)[C@@H]2[C@H](C(=O)NC)[C@]3(C)CCC12S3. The van der Waals surface area contributed by atoms with E-state index < -0.39 is 28.7 Å². The van der Waals surface area contributed by atoms with E-state index in [1.165, 1.54) is 0 Å². The number of amides is 3. The van der Waals surface area contributed by atoms with Gasteiger partial charge in [-0.3, -0.25) is 14.4 Å². The zero-order valence-electron chi connectivity index (χ0n) is 19.6. The molecule has 8 heteroatoms. The number of thioether (sulfide) groups is 1. The van der Waals surface area contributed by atoms with Gasteiger partial charge in [-0.05, 0) is 32.1 Å². The van der Waals surface area contributed by atoms with Crippen molar-refractivity contribution < 1.29 is 19.5 Å². The van der Waals surface area contributed by atoms with Crippen LogP contribution in [0.1, 0.15) is 66.2 Å². The van der Waals surface area contributed by atoms with Gasteiger partial charge >= 0.3 is 0 Å². The van der Waals surface area contributed by atoms with E-state index in [9.17, 15) is 19.5 Å². The summed E-state index contributed by atoms with van der Waals surface area (Å²) in [6.45, 7) is 8.63. The van der Waals surface area contributed by atoms with Gasteiger partial charge in [0.15, 0.2) is 0 Å². The topological polar surface area (TPSA) is 98.7 Å². The summed E-state index contributed by atoms with van der Waals surface area (Å²) in [5, 5.41) is 16.1. The van der Waals surface area contributed by atoms with Crippen molar-refractivity contribution >= 4 is 29.5 Å². The van der Waals surface area contributed by atoms with E-state index in [4.69, 9.17) is 0 Å². The van der Waals surface area contributed by atoms with Gasteiger partial charge < -0.3 is 20.6 Å². The smallest absolute Gasteiger partial charge is 0.244 e. The van der Waals surface area contributed by atoms with Crippen LogP contribution in [-0.2, 0) is 14.4 Å². The minimum atomic E-state index is -0.653. The third kappa shape index (κ3) is 3.77. The van der Waals surface area contributed by atoms with Crippen molar-refractivity contribution in [1.29, 1.82) is 0 Å². The number of rotatable bonds is 10. The Kier molecular flexibility index (Phi) is 7.31. The van der Waals surface area contributed by atoms with E-state index in [1.807, 2.05) is 13.8 Å². The molecule has 2 bridgehead atoms. The van der Waals surface area contributed by atoms with Gasteiger partial charge in [0.05, 0.1) is 29.2 Å². The van der Waals surface area contributed by atoms with Gasteiger partial charge in [0.1, 0.15) is 6.04 Å². The Morgan fingerprint density at radius 2 is 1.97 bits per heavy atom. The van der Waals surface area contributed by atoms with Crippen molar-refractivity contribution in [2.24, 2.45) is 17.8 Å². The summed E-state index contributed by atoms with van der Waals surface area (Å²) >= 11 is 1.67. The standard InChI is InChI=1S/C23H39N3O4S/c1-6-8-9-12-25-20(29)18-23-11-10-22(4,31-23)16(19(28)24-5)17(23)21(30)26(18)15(13-27)14(3)7-2/h14-18,27H,6-13H2,1-5H3,(H,24,28)(H,25,29)/t14-,15-,16+,17-,18?,22-,23?/m0/s1. The van der Waals surface area contributed by atoms with Gasteiger partial charge in [0.25, 0.3) is 0 Å². The fraction of sp³-hybridized carbons (Fsp3) is 0.870. The highest BCUT2D eigenvalue weighted by Gasteiger charge is 2.77. The molecule has 3 N–H and O–H groups in total. The first-order chi connectivity index (χ1) is 14.7. The van der Waals surface area contributed by atoms with Crippen LogP contribution >= 0.6 is 11.8 Å². The molecule has 0 aromatic heterocycles. The fourth-order valence-corrected chi connectivity index (χ4v) is 8.42. The molecule has 0 aliphatic carbocycles. The van der Waals surface area contributed by atoms with Gasteiger partial charge in [0, 0.05) is 18.3 Å². The predicted molar refractivity (Wildman–Crippen MR) is 123 cm³/mol. The molecule has 0 aromatic rings. The van der Waals surface area contributed by atoms with Crippen LogP contribution in [0.4, 0.5) is 0 Å². The van der Waals surface area contributed by atoms with Gasteiger partial charge in [-0.2, -0.15) is 0 Å². The van der Waals surface area contributed by atoms with Gasteiger partial charge in [-0.25, -0.2) is 0 Å². The van der Waals surface area contributed by atoms with Crippen LogP contribution in [0.5, 0.6) is 0 Å². The molecule has 3 saturated heterocycles. The summed E-state index contributed by atoms with van der Waals surface area (Å²) in [5.74, 6) is -1.33. The van der Waals surface area contributed by atoms with Crippen molar-refractivity contribution in [2.45, 2.75) is 87.8 Å². The summed E-state index contributed by atoms with van der Waals surface area (Å²) in [5.41, 5.74) is 0. The Morgan fingerprint density at radius 1 is 1.26 bits per heavy atom. The largest absolute Gasteiger partial charge is 0.394 e. The number of fused-ring (bicyclic) bond motifs is 1. The van der Waals surface area contributed by atoms with E-state index in [0.29, 0.717) is 6.54 Å². The first kappa shape index (κ1) is 24.4. The number of likely N-dealkylation sites (tertiary alicyclic amines) is 1. The molecule has 0 aromatic carbocycles. The minimum Gasteiger partial charge on any atom is -0.394 e. The van der Waals surface area contributed by atoms with Crippen LogP contribution in [0.15, 0.2) is 0 Å². The number of aliphatic hydroxyl groups excluding tert-OH is 1. The van der Waals surface area contributed by atoms with Crippen molar-refractivity contribution in [3.8, 4) is 0 Å². The summed E-state index contributed by atoms with van der Waals surface area (Å²) in [7, 11) is 1.61. The third-order valence-electron chi connectivity index (χ3n) is 7.92. The monoisotopic (exact) mass is 453 g/mol. The molecule has 3 fully saturated rings. The minimum absolute atomic E-state index is 0.0517. The van der Waals surface area contributed by atoms with Crippen molar-refractivity contribution in [3.05, 3.63) is 0 Å². The second-order valence-corrected chi connectivity index (χ2v) is 11.6. The molecule has 176 valence electrons. The zero-order valence-corrected chi connectivity index (χ0v) is 20.4. The number of aliphatic hydroxyl groups is 1. The molecule has 0 radical (unpaired) electrons. The van der Waals surface area contributed by atoms with Gasteiger partial charge in [-0.15, -0.1) is 11.8 Å². The number of hydrogen-bond donors (Lipinski definition) is 3. The summed E-state index contributed by atoms with van der Waals surface area (Å²) in [6, 6.07) is -1.08. The Hall–Kier alpha value is -1.28. The van der Waals surface area contributed by atoms with E-state index in [1.54, 1.807) is 23.7 Å². The number of nitrogens with zero attached hydrogens (tertiary/aromatic N) is 1. The molecule has 1 spiro atoms. The lowest BCUT2D eigenvalue weighted by Crippen LogP contribution is -2.57. The van der Waals surface area contributed by atoms with Gasteiger partial charge in [0.2, 0.25) is 17.7 Å². The molecule has 0 saturated carbocycles. The molecule has 7 nitrogen and oxygen atoms in total. The molecule has 3 amide bonds. The van der Waals surface area contributed by atoms with Crippen LogP contribution < -0.4 is 10.6 Å². The van der Waals surface area contributed by atoms with Gasteiger partial charge in [-0.1, -0.05) is 40.0 Å². The quantitative estimate of drug-likeness (QED) is 0.439. The lowest BCUT2D eigenvalue weighted by atomic mass is 9.66. The fourth-order valence-electron chi connectivity index (χ4n) is 6.07. The second-order valence-electron chi connectivity index (χ2n) is 9.72. The van der Waals surface area contributed by atoms with Crippen LogP contribution in [0.3, 0.4) is 0 Å². The Morgan fingerprint density at radius 3 is 2.55 bits per heavy atom. The highest BCUT2D eigenvalue weighted by Crippen LogP contribution is 2.71. The molecule has 31 heavy (non-hydrogen) atoms. The number of nitrogens with one attached hydrogen (secondary N) is 2. The summed E-state index contributed by atoms with van der Waals surface area (Å²) in [6.07, 6.45) is 5.35.